The number of nitrogens with zero attached hydrogens (tertiary/aromatic N) is 2. The third kappa shape index (κ3) is 3.59. The van der Waals surface area contributed by atoms with Gasteiger partial charge in [0.25, 0.3) is 5.69 Å². The van der Waals surface area contributed by atoms with Crippen molar-refractivity contribution in [3.05, 3.63) is 62.7 Å². The van der Waals surface area contributed by atoms with E-state index >= 15 is 0 Å². The number of fused-ring (bicyclic) bond motifs is 1. The van der Waals surface area contributed by atoms with Crippen LogP contribution in [0.15, 0.2) is 36.4 Å². The van der Waals surface area contributed by atoms with Crippen molar-refractivity contribution in [2.75, 3.05) is 11.4 Å². The minimum Gasteiger partial charge on any atom is -0.755 e. The van der Waals surface area contributed by atoms with E-state index in [0.29, 0.717) is 15.6 Å². The average molecular weight is 440 g/mol. The Morgan fingerprint density at radius 2 is 2.00 bits per heavy atom. The van der Waals surface area contributed by atoms with E-state index < -0.39 is 27.8 Å². The van der Waals surface area contributed by atoms with Gasteiger partial charge in [0, 0.05) is 15.8 Å². The molecule has 146 valence electrons. The summed E-state index contributed by atoms with van der Waals surface area (Å²) in [7, 11) is 1.15. The lowest BCUT2D eigenvalue weighted by atomic mass is 10.1. The molecule has 0 radical (unpaired) electrons. The van der Waals surface area contributed by atoms with Crippen LogP contribution in [0.1, 0.15) is 15.9 Å². The summed E-state index contributed by atoms with van der Waals surface area (Å²) in [5, 5.41) is 13.1. The molecule has 8 nitrogen and oxygen atoms in total. The molecule has 0 saturated carbocycles. The number of carbonyl (C=O) groups is 1. The smallest absolute Gasteiger partial charge is 0.338 e. The van der Waals surface area contributed by atoms with Crippen molar-refractivity contribution < 1.29 is 23.2 Å². The van der Waals surface area contributed by atoms with Crippen LogP contribution >= 0.6 is 22.9 Å². The molecular formula is C17H12ClN2O6S2-. The molecule has 1 aromatic heterocycles. The number of nitro benzene ring substituents is 1. The summed E-state index contributed by atoms with van der Waals surface area (Å²) >= 11 is 4.33. The molecule has 1 heterocycles. The lowest BCUT2D eigenvalue weighted by Gasteiger charge is -2.25. The zero-order valence-electron chi connectivity index (χ0n) is 14.5. The number of hydrogen-bond donors (Lipinski definition) is 0. The van der Waals surface area contributed by atoms with Gasteiger partial charge in [-0.15, -0.1) is 11.3 Å². The van der Waals surface area contributed by atoms with Gasteiger partial charge in [-0.2, -0.15) is 0 Å². The van der Waals surface area contributed by atoms with Crippen LogP contribution < -0.4 is 4.31 Å². The van der Waals surface area contributed by atoms with Gasteiger partial charge in [0.05, 0.1) is 28.9 Å². The minimum absolute atomic E-state index is 0.0607. The van der Waals surface area contributed by atoms with E-state index in [1.807, 2.05) is 0 Å². The molecule has 0 N–H and O–H groups in total. The number of thiophene rings is 1. The summed E-state index contributed by atoms with van der Waals surface area (Å²) in [6, 6.07) is 8.59. The highest BCUT2D eigenvalue weighted by atomic mass is 35.5. The van der Waals surface area contributed by atoms with Gasteiger partial charge in [-0.25, -0.2) is 4.79 Å². The molecule has 0 aliphatic heterocycles. The predicted molar refractivity (Wildman–Crippen MR) is 107 cm³/mol. The Labute approximate surface area is 170 Å². The highest BCUT2D eigenvalue weighted by Crippen LogP contribution is 2.44. The van der Waals surface area contributed by atoms with Crippen molar-refractivity contribution in [2.45, 2.75) is 6.92 Å². The lowest BCUT2D eigenvalue weighted by molar-refractivity contribution is -0.384. The molecule has 0 fully saturated rings. The second-order valence-corrected chi connectivity index (χ2v) is 7.90. The fourth-order valence-corrected chi connectivity index (χ4v) is 4.88. The van der Waals surface area contributed by atoms with Crippen molar-refractivity contribution in [2.24, 2.45) is 0 Å². The van der Waals surface area contributed by atoms with Crippen molar-refractivity contribution in [1.29, 1.82) is 0 Å². The van der Waals surface area contributed by atoms with Crippen LogP contribution in [0, 0.1) is 17.0 Å². The monoisotopic (exact) mass is 439 g/mol. The molecule has 0 saturated heterocycles. The Hall–Kier alpha value is -2.53. The Kier molecular flexibility index (Phi) is 5.66. The largest absolute Gasteiger partial charge is 0.755 e. The Morgan fingerprint density at radius 3 is 2.61 bits per heavy atom. The van der Waals surface area contributed by atoms with Crippen LogP contribution in [0.4, 0.5) is 16.4 Å². The van der Waals surface area contributed by atoms with Crippen LogP contribution in [0.25, 0.3) is 10.1 Å². The van der Waals surface area contributed by atoms with Crippen LogP contribution in [0.2, 0.25) is 5.02 Å². The third-order valence-electron chi connectivity index (χ3n) is 4.02. The van der Waals surface area contributed by atoms with Crippen molar-refractivity contribution in [3.8, 4) is 0 Å². The van der Waals surface area contributed by atoms with E-state index in [2.05, 4.69) is 4.74 Å². The van der Waals surface area contributed by atoms with Crippen LogP contribution in [0.5, 0.6) is 0 Å². The van der Waals surface area contributed by atoms with Gasteiger partial charge in [0.1, 0.15) is 10.7 Å². The molecule has 3 aromatic rings. The SMILES string of the molecule is COC(=O)c1ccc(N(c2sc3ccc(Cl)cc3c2C)S(=O)[O-])c([N+](=O)[O-])c1. The number of hydrogen-bond acceptors (Lipinski definition) is 7. The standard InChI is InChI=1S/C17H13ClN2O6S2/c1-9-12-8-11(18)4-6-15(12)27-16(9)19(28(24)25)13-5-3-10(17(21)26-2)7-14(13)20(22)23/h3-8H,1-2H3,(H,24,25)/p-1. The summed E-state index contributed by atoms with van der Waals surface area (Å²) in [5.74, 6) is -0.767. The van der Waals surface area contributed by atoms with Crippen LogP contribution in [-0.4, -0.2) is 26.8 Å². The van der Waals surface area contributed by atoms with Gasteiger partial charge >= 0.3 is 5.97 Å². The number of aryl methyl sites for hydroxylation is 1. The maximum atomic E-state index is 12.0. The number of halogens is 1. The normalized spacial score (nSPS) is 12.0. The molecule has 1 unspecified atom stereocenters. The number of rotatable bonds is 5. The molecule has 0 spiro atoms. The van der Waals surface area contributed by atoms with Gasteiger partial charge in [0.15, 0.2) is 0 Å². The van der Waals surface area contributed by atoms with E-state index in [-0.39, 0.29) is 11.3 Å². The summed E-state index contributed by atoms with van der Waals surface area (Å²) in [6.07, 6.45) is 0. The molecule has 28 heavy (non-hydrogen) atoms. The molecular weight excluding hydrogens is 428 g/mol. The lowest BCUT2D eigenvalue weighted by Crippen LogP contribution is -2.20. The number of esters is 1. The van der Waals surface area contributed by atoms with E-state index in [9.17, 15) is 23.7 Å². The van der Waals surface area contributed by atoms with Crippen molar-refractivity contribution >= 4 is 66.6 Å². The van der Waals surface area contributed by atoms with Gasteiger partial charge in [-0.3, -0.25) is 18.6 Å². The third-order valence-corrected chi connectivity index (χ3v) is 6.30. The maximum absolute atomic E-state index is 12.0. The van der Waals surface area contributed by atoms with Crippen LogP contribution in [0.3, 0.4) is 0 Å². The van der Waals surface area contributed by atoms with E-state index in [1.54, 1.807) is 25.1 Å². The number of ether oxygens (including phenoxy) is 1. The van der Waals surface area contributed by atoms with Gasteiger partial charge < -0.3 is 9.29 Å². The summed E-state index contributed by atoms with van der Waals surface area (Å²) in [6.45, 7) is 1.71. The fraction of sp³-hybridized carbons (Fsp3) is 0.118. The first-order valence-corrected chi connectivity index (χ1v) is 9.92. The number of nitro groups is 1. The van der Waals surface area contributed by atoms with Gasteiger partial charge in [0.2, 0.25) is 0 Å². The van der Waals surface area contributed by atoms with Crippen LogP contribution in [-0.2, 0) is 16.0 Å². The first kappa shape index (κ1) is 20.2. The van der Waals surface area contributed by atoms with E-state index in [1.165, 1.54) is 12.1 Å². The van der Waals surface area contributed by atoms with Gasteiger partial charge in [-0.1, -0.05) is 11.6 Å². The first-order valence-electron chi connectivity index (χ1n) is 7.69. The zero-order valence-corrected chi connectivity index (χ0v) is 16.9. The summed E-state index contributed by atoms with van der Waals surface area (Å²) in [5.41, 5.74) is -0.179. The average Bonchev–Trinajstić information content (AvgIpc) is 2.97. The molecule has 2 aromatic carbocycles. The molecule has 0 aliphatic rings. The van der Waals surface area contributed by atoms with Crippen molar-refractivity contribution in [1.82, 2.24) is 0 Å². The number of benzene rings is 2. The van der Waals surface area contributed by atoms with E-state index in [0.717, 1.165) is 38.9 Å². The maximum Gasteiger partial charge on any atom is 0.338 e. The molecule has 1 atom stereocenters. The molecule has 3 rings (SSSR count). The molecule has 0 bridgehead atoms. The highest BCUT2D eigenvalue weighted by Gasteiger charge is 2.27. The molecule has 11 heteroatoms. The highest BCUT2D eigenvalue weighted by molar-refractivity contribution is 7.81. The summed E-state index contributed by atoms with van der Waals surface area (Å²) in [4.78, 5) is 22.5. The van der Waals surface area contributed by atoms with E-state index in [4.69, 9.17) is 11.6 Å². The second-order valence-electron chi connectivity index (χ2n) is 5.64. The first-order chi connectivity index (χ1) is 13.2. The number of carbonyl (C=O) groups excluding carboxylic acids is 1. The second kappa shape index (κ2) is 7.84. The Bertz CT molecular complexity index is 1130. The fourth-order valence-electron chi connectivity index (χ4n) is 2.72. The zero-order chi connectivity index (χ0) is 20.6. The van der Waals surface area contributed by atoms with Crippen molar-refractivity contribution in [3.63, 3.8) is 0 Å². The Morgan fingerprint density at radius 1 is 1.29 bits per heavy atom. The number of anilines is 2. The van der Waals surface area contributed by atoms with Gasteiger partial charge in [-0.05, 0) is 48.2 Å². The summed E-state index contributed by atoms with van der Waals surface area (Å²) < 4.78 is 30.3. The topological polar surface area (TPSA) is 113 Å². The predicted octanol–water partition coefficient (Wildman–Crippen LogP) is 4.49. The molecule has 0 amide bonds. The quantitative estimate of drug-likeness (QED) is 0.250. The minimum atomic E-state index is -2.85. The molecule has 0 aliphatic carbocycles. The Balaban J connectivity index is 2.24. The number of methoxy groups -OCH3 is 1.